The first kappa shape index (κ1) is 20.3. The molecule has 1 aromatic rings. The van der Waals surface area contributed by atoms with E-state index in [-0.39, 0.29) is 0 Å². The summed E-state index contributed by atoms with van der Waals surface area (Å²) in [6.45, 7) is 2.65. The van der Waals surface area contributed by atoms with E-state index in [1.807, 2.05) is 0 Å². The second-order valence-corrected chi connectivity index (χ2v) is 10.1. The Morgan fingerprint density at radius 1 is 0.893 bits per heavy atom. The molecule has 0 atom stereocenters. The van der Waals surface area contributed by atoms with Gasteiger partial charge in [-0.2, -0.15) is 0 Å². The van der Waals surface area contributed by atoms with Gasteiger partial charge in [0.2, 0.25) is 0 Å². The van der Waals surface area contributed by atoms with Gasteiger partial charge in [0.15, 0.2) is 6.79 Å². The third-order valence-electron chi connectivity index (χ3n) is 7.80. The SMILES string of the molecule is CCCCCCCCc1ccc(OCOC)c(C23CC4CC(CC(C4)C2)C3)c1. The minimum atomic E-state index is 0.357. The van der Waals surface area contributed by atoms with Gasteiger partial charge < -0.3 is 9.47 Å². The maximum absolute atomic E-state index is 6.08. The number of ether oxygens (including phenoxy) is 2. The second kappa shape index (κ2) is 9.20. The first-order valence-corrected chi connectivity index (χ1v) is 12.0. The van der Waals surface area contributed by atoms with Crippen LogP contribution in [0.15, 0.2) is 18.2 Å². The minimum Gasteiger partial charge on any atom is -0.467 e. The zero-order chi connectivity index (χ0) is 19.4. The molecule has 2 nitrogen and oxygen atoms in total. The van der Waals surface area contributed by atoms with Crippen molar-refractivity contribution in [2.75, 3.05) is 13.9 Å². The van der Waals surface area contributed by atoms with Gasteiger partial charge in [0, 0.05) is 12.7 Å². The lowest BCUT2D eigenvalue weighted by atomic mass is 9.48. The summed E-state index contributed by atoms with van der Waals surface area (Å²) in [5.41, 5.74) is 3.42. The molecule has 0 saturated heterocycles. The second-order valence-electron chi connectivity index (χ2n) is 10.1. The fourth-order valence-electron chi connectivity index (χ4n) is 6.95. The number of methoxy groups -OCH3 is 1. The van der Waals surface area contributed by atoms with Crippen LogP contribution in [0.5, 0.6) is 5.75 Å². The topological polar surface area (TPSA) is 18.5 Å². The number of hydrogen-bond donors (Lipinski definition) is 0. The number of rotatable bonds is 11. The Balaban J connectivity index is 1.49. The third-order valence-corrected chi connectivity index (χ3v) is 7.80. The summed E-state index contributed by atoms with van der Waals surface area (Å²) in [7, 11) is 1.72. The molecular formula is C26H40O2. The van der Waals surface area contributed by atoms with E-state index in [1.165, 1.54) is 94.6 Å². The Hall–Kier alpha value is -1.02. The fourth-order valence-corrected chi connectivity index (χ4v) is 6.95. The summed E-state index contributed by atoms with van der Waals surface area (Å²) >= 11 is 0. The Labute approximate surface area is 172 Å². The van der Waals surface area contributed by atoms with Crippen molar-refractivity contribution in [1.29, 1.82) is 0 Å². The molecule has 4 aliphatic carbocycles. The van der Waals surface area contributed by atoms with Crippen molar-refractivity contribution in [3.8, 4) is 5.75 Å². The van der Waals surface area contributed by atoms with E-state index < -0.39 is 0 Å². The molecule has 1 aromatic carbocycles. The Bertz CT molecular complexity index is 600. The highest BCUT2D eigenvalue weighted by molar-refractivity contribution is 5.44. The maximum Gasteiger partial charge on any atom is 0.188 e. The van der Waals surface area contributed by atoms with E-state index in [4.69, 9.17) is 9.47 Å². The maximum atomic E-state index is 6.08. The van der Waals surface area contributed by atoms with Crippen molar-refractivity contribution in [3.05, 3.63) is 29.3 Å². The van der Waals surface area contributed by atoms with Crippen molar-refractivity contribution in [3.63, 3.8) is 0 Å². The van der Waals surface area contributed by atoms with Gasteiger partial charge in [0.1, 0.15) is 5.75 Å². The van der Waals surface area contributed by atoms with Crippen molar-refractivity contribution in [1.82, 2.24) is 0 Å². The molecule has 2 heteroatoms. The normalized spacial score (nSPS) is 30.7. The van der Waals surface area contributed by atoms with Crippen LogP contribution in [0.4, 0.5) is 0 Å². The number of unbranched alkanes of at least 4 members (excludes halogenated alkanes) is 5. The van der Waals surface area contributed by atoms with Crippen LogP contribution >= 0.6 is 0 Å². The first-order valence-electron chi connectivity index (χ1n) is 12.0. The smallest absolute Gasteiger partial charge is 0.188 e. The summed E-state index contributed by atoms with van der Waals surface area (Å²) < 4.78 is 11.3. The van der Waals surface area contributed by atoms with E-state index in [0.29, 0.717) is 12.2 Å². The standard InChI is InChI=1S/C26H40O2/c1-3-4-5-6-7-8-9-20-10-11-25(28-19-27-2)24(15-20)26-16-21-12-22(17-26)14-23(13-21)18-26/h10-11,15,21-23H,3-9,12-14,16-19H2,1-2H3. The van der Waals surface area contributed by atoms with E-state index in [9.17, 15) is 0 Å². The summed E-state index contributed by atoms with van der Waals surface area (Å²) in [4.78, 5) is 0. The van der Waals surface area contributed by atoms with Crippen molar-refractivity contribution < 1.29 is 9.47 Å². The molecular weight excluding hydrogens is 344 g/mol. The fraction of sp³-hybridized carbons (Fsp3) is 0.769. The monoisotopic (exact) mass is 384 g/mol. The van der Waals surface area contributed by atoms with Gasteiger partial charge in [-0.3, -0.25) is 0 Å². The van der Waals surface area contributed by atoms with Crippen LogP contribution < -0.4 is 4.74 Å². The van der Waals surface area contributed by atoms with Gasteiger partial charge in [0.25, 0.3) is 0 Å². The summed E-state index contributed by atoms with van der Waals surface area (Å²) in [6, 6.07) is 7.09. The Morgan fingerprint density at radius 2 is 1.54 bits per heavy atom. The largest absolute Gasteiger partial charge is 0.467 e. The highest BCUT2D eigenvalue weighted by Gasteiger charge is 2.52. The molecule has 4 aliphatic rings. The quantitative estimate of drug-likeness (QED) is 0.301. The molecule has 4 bridgehead atoms. The first-order chi connectivity index (χ1) is 13.7. The van der Waals surface area contributed by atoms with Crippen LogP contribution in [0.2, 0.25) is 0 Å². The van der Waals surface area contributed by atoms with Gasteiger partial charge in [-0.1, -0.05) is 51.2 Å². The highest BCUT2D eigenvalue weighted by atomic mass is 16.7. The molecule has 0 unspecified atom stereocenters. The van der Waals surface area contributed by atoms with Crippen LogP contribution in [-0.4, -0.2) is 13.9 Å². The minimum absolute atomic E-state index is 0.357. The van der Waals surface area contributed by atoms with Gasteiger partial charge in [-0.25, -0.2) is 0 Å². The Kier molecular flexibility index (Phi) is 6.66. The van der Waals surface area contributed by atoms with E-state index in [1.54, 1.807) is 7.11 Å². The van der Waals surface area contributed by atoms with Crippen LogP contribution in [0.3, 0.4) is 0 Å². The number of hydrogen-bond acceptors (Lipinski definition) is 2. The molecule has 4 fully saturated rings. The predicted octanol–water partition coefficient (Wildman–Crippen LogP) is 7.04. The molecule has 0 amide bonds. The zero-order valence-electron chi connectivity index (χ0n) is 18.2. The molecule has 0 spiro atoms. The molecule has 4 saturated carbocycles. The summed E-state index contributed by atoms with van der Waals surface area (Å²) in [6.07, 6.45) is 18.1. The molecule has 156 valence electrons. The molecule has 0 radical (unpaired) electrons. The van der Waals surface area contributed by atoms with E-state index >= 15 is 0 Å². The van der Waals surface area contributed by atoms with Crippen molar-refractivity contribution in [2.45, 2.75) is 95.8 Å². The molecule has 0 aliphatic heterocycles. The average Bonchev–Trinajstić information content (AvgIpc) is 2.68. The Morgan fingerprint density at radius 3 is 2.18 bits per heavy atom. The van der Waals surface area contributed by atoms with Gasteiger partial charge in [0.05, 0.1) is 0 Å². The van der Waals surface area contributed by atoms with Crippen LogP contribution in [-0.2, 0) is 16.6 Å². The highest BCUT2D eigenvalue weighted by Crippen LogP contribution is 2.62. The van der Waals surface area contributed by atoms with Crippen molar-refractivity contribution in [2.24, 2.45) is 17.8 Å². The molecule has 5 rings (SSSR count). The van der Waals surface area contributed by atoms with Crippen molar-refractivity contribution >= 4 is 0 Å². The summed E-state index contributed by atoms with van der Waals surface area (Å²) in [5, 5.41) is 0. The predicted molar refractivity (Wildman–Crippen MR) is 116 cm³/mol. The molecule has 0 N–H and O–H groups in total. The lowest BCUT2D eigenvalue weighted by Crippen LogP contribution is -2.48. The molecule has 0 heterocycles. The zero-order valence-corrected chi connectivity index (χ0v) is 18.2. The lowest BCUT2D eigenvalue weighted by molar-refractivity contribution is -0.00886. The molecule has 28 heavy (non-hydrogen) atoms. The number of benzene rings is 1. The molecule has 0 aromatic heterocycles. The van der Waals surface area contributed by atoms with Gasteiger partial charge in [-0.15, -0.1) is 0 Å². The van der Waals surface area contributed by atoms with Gasteiger partial charge >= 0.3 is 0 Å². The summed E-state index contributed by atoms with van der Waals surface area (Å²) in [5.74, 6) is 3.98. The van der Waals surface area contributed by atoms with Crippen LogP contribution in [0.1, 0.15) is 95.1 Å². The van der Waals surface area contributed by atoms with Gasteiger partial charge in [-0.05, 0) is 86.2 Å². The number of aryl methyl sites for hydroxylation is 1. The third kappa shape index (κ3) is 4.42. The van der Waals surface area contributed by atoms with Crippen LogP contribution in [0, 0.1) is 17.8 Å². The van der Waals surface area contributed by atoms with E-state index in [2.05, 4.69) is 25.1 Å². The van der Waals surface area contributed by atoms with Crippen LogP contribution in [0.25, 0.3) is 0 Å². The van der Waals surface area contributed by atoms with E-state index in [0.717, 1.165) is 23.5 Å². The average molecular weight is 385 g/mol. The lowest BCUT2D eigenvalue weighted by Gasteiger charge is -2.57.